The molecule has 0 spiro atoms. The number of hydrogen-bond donors (Lipinski definition) is 3. The molecular formula is C40H51N9O8. The Balaban J connectivity index is 0.972. The normalized spacial score (nSPS) is 18.4. The molecule has 2 aliphatic rings. The highest BCUT2D eigenvalue weighted by molar-refractivity contribution is 6.02. The average Bonchev–Trinajstić information content (AvgIpc) is 3.94. The molecule has 57 heavy (non-hydrogen) atoms. The molecule has 3 N–H and O–H groups in total. The number of fused-ring (bicyclic) bond motifs is 1. The largest absolute Gasteiger partial charge is 0.446 e. The number of nitrogens with one attached hydrogen (secondary N) is 3. The van der Waals surface area contributed by atoms with E-state index in [1.165, 1.54) is 9.13 Å². The molecule has 3 aromatic heterocycles. The summed E-state index contributed by atoms with van der Waals surface area (Å²) in [6, 6.07) is 8.12. The van der Waals surface area contributed by atoms with E-state index in [-0.39, 0.29) is 61.6 Å². The van der Waals surface area contributed by atoms with Gasteiger partial charge >= 0.3 is 11.8 Å². The Morgan fingerprint density at radius 1 is 1.05 bits per heavy atom. The number of carbonyl (C=O) groups excluding carboxylic acids is 4. The quantitative estimate of drug-likeness (QED) is 0.103. The standard InChI is InChI=1S/C40H51N9O8/c1-25(2)42-38(53)57-28-13-12-27(23-28)29-24-33(49(45-29)40(3,4)5)43-36(51)31-16-17-41-47(31)18-20-56-22-21-55-19-8-10-26-9-7-11-30-35(26)46(6)39(54)48(30)32-14-15-34(50)44-37(32)52/h7,9,11,16-17,24-25,27-28,32H,12-15,18-23H2,1-6H3,(H,42,53)(H,43,51)(H,44,50,52)/t27-,28+,32?/m0/s1. The van der Waals surface area contributed by atoms with Gasteiger partial charge in [-0.15, -0.1) is 0 Å². The molecule has 1 saturated carbocycles. The number of imide groups is 1. The molecule has 1 aliphatic carbocycles. The lowest BCUT2D eigenvalue weighted by Crippen LogP contribution is -2.44. The van der Waals surface area contributed by atoms with Crippen molar-refractivity contribution in [2.45, 2.75) is 103 Å². The van der Waals surface area contributed by atoms with E-state index in [9.17, 15) is 24.0 Å². The Morgan fingerprint density at radius 2 is 1.84 bits per heavy atom. The van der Waals surface area contributed by atoms with Gasteiger partial charge in [0.2, 0.25) is 11.8 Å². The summed E-state index contributed by atoms with van der Waals surface area (Å²) in [6.45, 7) is 11.2. The Morgan fingerprint density at radius 3 is 2.60 bits per heavy atom. The van der Waals surface area contributed by atoms with Crippen LogP contribution >= 0.6 is 0 Å². The number of aryl methyl sites for hydroxylation is 1. The van der Waals surface area contributed by atoms with E-state index in [0.29, 0.717) is 54.3 Å². The number of ether oxygens (including phenoxy) is 3. The number of hydrogen-bond acceptors (Lipinski definition) is 10. The molecule has 0 radical (unpaired) electrons. The van der Waals surface area contributed by atoms with Crippen LogP contribution in [0.5, 0.6) is 0 Å². The minimum atomic E-state index is -0.773. The molecule has 17 heteroatoms. The topological polar surface area (TPSA) is 195 Å². The van der Waals surface area contributed by atoms with Crippen molar-refractivity contribution in [1.29, 1.82) is 0 Å². The maximum Gasteiger partial charge on any atom is 0.407 e. The first-order chi connectivity index (χ1) is 27.2. The van der Waals surface area contributed by atoms with Crippen molar-refractivity contribution < 1.29 is 33.4 Å². The Bertz CT molecular complexity index is 2250. The highest BCUT2D eigenvalue weighted by atomic mass is 16.6. The molecule has 3 atom stereocenters. The first-order valence-electron chi connectivity index (χ1n) is 19.3. The Kier molecular flexibility index (Phi) is 12.6. The average molecular weight is 786 g/mol. The summed E-state index contributed by atoms with van der Waals surface area (Å²) in [6.07, 6.45) is 3.61. The van der Waals surface area contributed by atoms with Crippen LogP contribution in [0.15, 0.2) is 41.3 Å². The molecule has 4 aromatic rings. The van der Waals surface area contributed by atoms with Gasteiger partial charge in [-0.2, -0.15) is 10.2 Å². The molecule has 1 saturated heterocycles. The molecule has 0 bridgehead atoms. The van der Waals surface area contributed by atoms with Crippen LogP contribution in [0.25, 0.3) is 11.0 Å². The smallest absolute Gasteiger partial charge is 0.407 e. The first kappa shape index (κ1) is 40.9. The summed E-state index contributed by atoms with van der Waals surface area (Å²) in [5.74, 6) is 5.55. The molecular weight excluding hydrogens is 734 g/mol. The Labute approximate surface area is 330 Å². The summed E-state index contributed by atoms with van der Waals surface area (Å²) < 4.78 is 23.3. The van der Waals surface area contributed by atoms with Crippen LogP contribution in [0.3, 0.4) is 0 Å². The number of imidazole rings is 1. The van der Waals surface area contributed by atoms with E-state index in [1.54, 1.807) is 42.2 Å². The van der Waals surface area contributed by atoms with E-state index in [0.717, 1.165) is 18.5 Å². The van der Waals surface area contributed by atoms with Crippen molar-refractivity contribution in [2.24, 2.45) is 7.05 Å². The first-order valence-corrected chi connectivity index (χ1v) is 19.3. The van der Waals surface area contributed by atoms with Crippen molar-refractivity contribution in [3.63, 3.8) is 0 Å². The zero-order valence-corrected chi connectivity index (χ0v) is 33.3. The van der Waals surface area contributed by atoms with Gasteiger partial charge in [0.05, 0.1) is 54.2 Å². The fraction of sp³-hybridized carbons (Fsp3) is 0.525. The van der Waals surface area contributed by atoms with Gasteiger partial charge in [-0.3, -0.25) is 33.5 Å². The third-order valence-corrected chi connectivity index (χ3v) is 9.88. The fourth-order valence-electron chi connectivity index (χ4n) is 7.21. The number of para-hydroxylation sites is 1. The minimum Gasteiger partial charge on any atom is -0.446 e. The van der Waals surface area contributed by atoms with E-state index in [4.69, 9.17) is 19.3 Å². The van der Waals surface area contributed by atoms with Crippen molar-refractivity contribution in [1.82, 2.24) is 39.3 Å². The molecule has 6 rings (SSSR count). The number of rotatable bonds is 13. The minimum absolute atomic E-state index is 0.00240. The SMILES string of the molecule is CC(C)NC(=O)O[C@@H]1CC[C@H](c2cc(NC(=O)c3ccnn3CCOCCOCC#Cc3cccc4c3n(C)c(=O)n4C3CCC(=O)NC3=O)n(C(C)(C)C)n2)C1. The van der Waals surface area contributed by atoms with E-state index in [2.05, 4.69) is 32.9 Å². The van der Waals surface area contributed by atoms with Crippen LogP contribution in [-0.4, -0.2) is 91.1 Å². The van der Waals surface area contributed by atoms with E-state index in [1.807, 2.05) is 45.4 Å². The molecule has 2 fully saturated rings. The van der Waals surface area contributed by atoms with Gasteiger partial charge in [0.1, 0.15) is 30.3 Å². The number of alkyl carbamates (subject to hydrolysis) is 1. The highest BCUT2D eigenvalue weighted by Gasteiger charge is 2.33. The van der Waals surface area contributed by atoms with Crippen LogP contribution in [-0.2, 0) is 42.9 Å². The molecule has 1 unspecified atom stereocenters. The summed E-state index contributed by atoms with van der Waals surface area (Å²) in [5, 5.41) is 17.3. The lowest BCUT2D eigenvalue weighted by molar-refractivity contribution is -0.135. The van der Waals surface area contributed by atoms with Gasteiger partial charge in [0, 0.05) is 37.7 Å². The summed E-state index contributed by atoms with van der Waals surface area (Å²) in [7, 11) is 1.63. The predicted molar refractivity (Wildman–Crippen MR) is 210 cm³/mol. The maximum atomic E-state index is 13.5. The zero-order chi connectivity index (χ0) is 40.9. The second kappa shape index (κ2) is 17.6. The number of anilines is 1. The Hall–Kier alpha value is -5.73. The monoisotopic (exact) mass is 785 g/mol. The fourth-order valence-corrected chi connectivity index (χ4v) is 7.21. The lowest BCUT2D eigenvalue weighted by Gasteiger charge is -2.22. The van der Waals surface area contributed by atoms with Crippen LogP contribution in [0.2, 0.25) is 0 Å². The van der Waals surface area contributed by atoms with Gasteiger partial charge < -0.3 is 24.8 Å². The van der Waals surface area contributed by atoms with Gasteiger partial charge in [0.15, 0.2) is 0 Å². The number of benzene rings is 1. The number of aromatic nitrogens is 6. The van der Waals surface area contributed by atoms with Crippen LogP contribution in [0.4, 0.5) is 10.6 Å². The number of amides is 4. The summed E-state index contributed by atoms with van der Waals surface area (Å²) >= 11 is 0. The zero-order valence-electron chi connectivity index (χ0n) is 33.3. The van der Waals surface area contributed by atoms with Gasteiger partial charge in [-0.1, -0.05) is 17.9 Å². The van der Waals surface area contributed by atoms with Crippen molar-refractivity contribution >= 4 is 40.7 Å². The van der Waals surface area contributed by atoms with Crippen molar-refractivity contribution in [3.05, 3.63) is 64.0 Å². The van der Waals surface area contributed by atoms with E-state index >= 15 is 0 Å². The van der Waals surface area contributed by atoms with E-state index < -0.39 is 23.6 Å². The van der Waals surface area contributed by atoms with Crippen molar-refractivity contribution in [2.75, 3.05) is 31.7 Å². The van der Waals surface area contributed by atoms with Crippen LogP contribution < -0.4 is 21.6 Å². The van der Waals surface area contributed by atoms with Crippen LogP contribution in [0.1, 0.15) is 100 Å². The maximum absolute atomic E-state index is 13.5. The molecule has 4 heterocycles. The number of piperidine rings is 1. The molecule has 1 aromatic carbocycles. The lowest BCUT2D eigenvalue weighted by atomic mass is 10.0. The number of carbonyl (C=O) groups is 4. The summed E-state index contributed by atoms with van der Waals surface area (Å²) in [5.41, 5.74) is 2.23. The second-order valence-corrected chi connectivity index (χ2v) is 15.6. The summed E-state index contributed by atoms with van der Waals surface area (Å²) in [4.78, 5) is 63.0. The van der Waals surface area contributed by atoms with Gasteiger partial charge in [0.25, 0.3) is 5.91 Å². The predicted octanol–water partition coefficient (Wildman–Crippen LogP) is 3.57. The second-order valence-electron chi connectivity index (χ2n) is 15.6. The molecule has 1 aliphatic heterocycles. The molecule has 17 nitrogen and oxygen atoms in total. The molecule has 4 amide bonds. The number of nitrogens with zero attached hydrogens (tertiary/aromatic N) is 6. The van der Waals surface area contributed by atoms with Crippen molar-refractivity contribution in [3.8, 4) is 11.8 Å². The molecule has 304 valence electrons. The third-order valence-electron chi connectivity index (χ3n) is 9.88. The van der Waals surface area contributed by atoms with Crippen LogP contribution in [0, 0.1) is 11.8 Å². The highest BCUT2D eigenvalue weighted by Crippen LogP contribution is 2.37. The third kappa shape index (κ3) is 9.63. The van der Waals surface area contributed by atoms with Gasteiger partial charge in [-0.25, -0.2) is 14.3 Å². The van der Waals surface area contributed by atoms with Gasteiger partial charge in [-0.05, 0) is 78.5 Å².